The predicted octanol–water partition coefficient (Wildman–Crippen LogP) is 1.58. The minimum absolute atomic E-state index is 0.0426. The Kier molecular flexibility index (Phi) is 4.15. The standard InChI is InChI=1S/C15H14N4O4S2/c20-25(21,13-1-2-14-15(7-13)23-5-4-22-14)16-8-11-9-19(18-17-11)12-3-6-24-10-12/h1-3,6-7,9-10,16H,4-5,8H2. The third kappa shape index (κ3) is 3.36. The van der Waals surface area contributed by atoms with Gasteiger partial charge in [-0.15, -0.1) is 5.10 Å². The molecule has 130 valence electrons. The number of rotatable bonds is 5. The smallest absolute Gasteiger partial charge is 0.241 e. The molecule has 0 aliphatic carbocycles. The molecule has 8 nitrogen and oxygen atoms in total. The Morgan fingerprint density at radius 1 is 1.20 bits per heavy atom. The van der Waals surface area contributed by atoms with Crippen LogP contribution >= 0.6 is 11.3 Å². The quantitative estimate of drug-likeness (QED) is 0.724. The number of thiophene rings is 1. The fourth-order valence-corrected chi connectivity index (χ4v) is 3.97. The van der Waals surface area contributed by atoms with Gasteiger partial charge in [-0.2, -0.15) is 11.3 Å². The zero-order valence-electron chi connectivity index (χ0n) is 13.0. The van der Waals surface area contributed by atoms with Crippen molar-refractivity contribution in [3.8, 4) is 17.2 Å². The van der Waals surface area contributed by atoms with Gasteiger partial charge in [-0.3, -0.25) is 0 Å². The molecule has 1 aromatic carbocycles. The zero-order valence-corrected chi connectivity index (χ0v) is 14.6. The Bertz CT molecular complexity index is 983. The van der Waals surface area contributed by atoms with Gasteiger partial charge < -0.3 is 9.47 Å². The Balaban J connectivity index is 1.48. The molecule has 0 spiro atoms. The fourth-order valence-electron chi connectivity index (χ4n) is 2.34. The summed E-state index contributed by atoms with van der Waals surface area (Å²) in [5.41, 5.74) is 1.41. The molecule has 0 unspecified atom stereocenters. The molecular weight excluding hydrogens is 364 g/mol. The first-order chi connectivity index (χ1) is 12.1. The summed E-state index contributed by atoms with van der Waals surface area (Å²) in [7, 11) is -3.70. The molecule has 3 heterocycles. The number of aromatic nitrogens is 3. The first kappa shape index (κ1) is 16.1. The second-order valence-corrected chi connectivity index (χ2v) is 7.81. The lowest BCUT2D eigenvalue weighted by Crippen LogP contribution is -2.24. The number of benzene rings is 1. The highest BCUT2D eigenvalue weighted by Gasteiger charge is 2.19. The molecule has 25 heavy (non-hydrogen) atoms. The van der Waals surface area contributed by atoms with Crippen molar-refractivity contribution >= 4 is 21.4 Å². The van der Waals surface area contributed by atoms with E-state index in [0.717, 1.165) is 5.69 Å². The SMILES string of the molecule is O=S(=O)(NCc1cn(-c2ccsc2)nn1)c1ccc2c(c1)OCCO2. The van der Waals surface area contributed by atoms with Gasteiger partial charge in [0.15, 0.2) is 11.5 Å². The summed E-state index contributed by atoms with van der Waals surface area (Å²) in [6.07, 6.45) is 1.69. The van der Waals surface area contributed by atoms with Gasteiger partial charge in [0.2, 0.25) is 10.0 Å². The minimum atomic E-state index is -3.70. The molecule has 1 N–H and O–H groups in total. The van der Waals surface area contributed by atoms with Gasteiger partial charge >= 0.3 is 0 Å². The van der Waals surface area contributed by atoms with Gasteiger partial charge in [0.25, 0.3) is 0 Å². The summed E-state index contributed by atoms with van der Waals surface area (Å²) in [5.74, 6) is 0.974. The normalized spacial score (nSPS) is 13.8. The van der Waals surface area contributed by atoms with Crippen LogP contribution in [0.25, 0.3) is 5.69 Å². The molecule has 0 saturated carbocycles. The molecule has 1 aliphatic rings. The van der Waals surface area contributed by atoms with Crippen molar-refractivity contribution in [2.24, 2.45) is 0 Å². The van der Waals surface area contributed by atoms with Crippen molar-refractivity contribution in [1.82, 2.24) is 19.7 Å². The van der Waals surface area contributed by atoms with Crippen LogP contribution in [-0.2, 0) is 16.6 Å². The van der Waals surface area contributed by atoms with Gasteiger partial charge in [-0.1, -0.05) is 5.21 Å². The topological polar surface area (TPSA) is 95.3 Å². The van der Waals surface area contributed by atoms with Gasteiger partial charge in [-0.05, 0) is 23.6 Å². The van der Waals surface area contributed by atoms with Crippen LogP contribution < -0.4 is 14.2 Å². The number of sulfonamides is 1. The predicted molar refractivity (Wildman–Crippen MR) is 90.7 cm³/mol. The van der Waals surface area contributed by atoms with Gasteiger partial charge in [0, 0.05) is 11.4 Å². The molecule has 0 atom stereocenters. The summed E-state index contributed by atoms with van der Waals surface area (Å²) >= 11 is 1.55. The van der Waals surface area contributed by atoms with E-state index in [9.17, 15) is 8.42 Å². The number of hydrogen-bond acceptors (Lipinski definition) is 7. The van der Waals surface area contributed by atoms with Gasteiger partial charge in [0.05, 0.1) is 29.0 Å². The van der Waals surface area contributed by atoms with E-state index in [2.05, 4.69) is 15.0 Å². The maximum atomic E-state index is 12.5. The molecule has 0 bridgehead atoms. The van der Waals surface area contributed by atoms with E-state index in [-0.39, 0.29) is 11.4 Å². The van der Waals surface area contributed by atoms with Crippen molar-refractivity contribution in [2.45, 2.75) is 11.4 Å². The van der Waals surface area contributed by atoms with E-state index in [1.807, 2.05) is 16.8 Å². The number of nitrogens with zero attached hydrogens (tertiary/aromatic N) is 3. The van der Waals surface area contributed by atoms with Crippen molar-refractivity contribution in [3.63, 3.8) is 0 Å². The average molecular weight is 378 g/mol. The Hall–Kier alpha value is -2.43. The summed E-state index contributed by atoms with van der Waals surface area (Å²) in [5, 5.41) is 11.8. The Morgan fingerprint density at radius 3 is 2.84 bits per heavy atom. The molecule has 0 saturated heterocycles. The minimum Gasteiger partial charge on any atom is -0.486 e. The van der Waals surface area contributed by atoms with Crippen LogP contribution in [0.15, 0.2) is 46.1 Å². The van der Waals surface area contributed by atoms with Crippen molar-refractivity contribution in [2.75, 3.05) is 13.2 Å². The van der Waals surface area contributed by atoms with Crippen LogP contribution in [0.4, 0.5) is 0 Å². The van der Waals surface area contributed by atoms with E-state index in [4.69, 9.17) is 9.47 Å². The molecule has 3 aromatic rings. The van der Waals surface area contributed by atoms with Crippen LogP contribution in [0.3, 0.4) is 0 Å². The molecule has 0 fully saturated rings. The third-order valence-electron chi connectivity index (χ3n) is 3.58. The maximum Gasteiger partial charge on any atom is 0.241 e. The molecule has 4 rings (SSSR count). The fraction of sp³-hybridized carbons (Fsp3) is 0.200. The van der Waals surface area contributed by atoms with Gasteiger partial charge in [-0.25, -0.2) is 17.8 Å². The summed E-state index contributed by atoms with van der Waals surface area (Å²) in [6.45, 7) is 0.896. The summed E-state index contributed by atoms with van der Waals surface area (Å²) in [6, 6.07) is 6.44. The first-order valence-corrected chi connectivity index (χ1v) is 9.87. The average Bonchev–Trinajstić information content (AvgIpc) is 3.31. The van der Waals surface area contributed by atoms with Crippen LogP contribution in [0.2, 0.25) is 0 Å². The number of fused-ring (bicyclic) bond motifs is 1. The number of hydrogen-bond donors (Lipinski definition) is 1. The van der Waals surface area contributed by atoms with Crippen LogP contribution in [0.1, 0.15) is 5.69 Å². The maximum absolute atomic E-state index is 12.5. The molecule has 0 amide bonds. The van der Waals surface area contributed by atoms with E-state index in [1.165, 1.54) is 12.1 Å². The number of ether oxygens (including phenoxy) is 2. The lowest BCUT2D eigenvalue weighted by atomic mass is 10.3. The molecule has 0 radical (unpaired) electrons. The van der Waals surface area contributed by atoms with Gasteiger partial charge in [0.1, 0.15) is 13.2 Å². The number of nitrogens with one attached hydrogen (secondary N) is 1. The largest absolute Gasteiger partial charge is 0.486 e. The molecule has 10 heteroatoms. The van der Waals surface area contributed by atoms with E-state index < -0.39 is 10.0 Å². The highest BCUT2D eigenvalue weighted by atomic mass is 32.2. The van der Waals surface area contributed by atoms with Crippen LogP contribution in [0.5, 0.6) is 11.5 Å². The molecular formula is C15H14N4O4S2. The van der Waals surface area contributed by atoms with Crippen molar-refractivity contribution < 1.29 is 17.9 Å². The van der Waals surface area contributed by atoms with E-state index in [0.29, 0.717) is 30.4 Å². The second kappa shape index (κ2) is 6.47. The lowest BCUT2D eigenvalue weighted by molar-refractivity contribution is 0.171. The monoisotopic (exact) mass is 378 g/mol. The Morgan fingerprint density at radius 2 is 2.04 bits per heavy atom. The highest BCUT2D eigenvalue weighted by Crippen LogP contribution is 2.32. The first-order valence-electron chi connectivity index (χ1n) is 7.45. The Labute approximate surface area is 148 Å². The van der Waals surface area contributed by atoms with Crippen molar-refractivity contribution in [1.29, 1.82) is 0 Å². The van der Waals surface area contributed by atoms with Crippen molar-refractivity contribution in [3.05, 3.63) is 46.9 Å². The summed E-state index contributed by atoms with van der Waals surface area (Å²) in [4.78, 5) is 0.113. The van der Waals surface area contributed by atoms with E-state index in [1.54, 1.807) is 28.3 Å². The second-order valence-electron chi connectivity index (χ2n) is 5.27. The lowest BCUT2D eigenvalue weighted by Gasteiger charge is -2.18. The molecule has 2 aromatic heterocycles. The van der Waals surface area contributed by atoms with Crippen LogP contribution in [-0.4, -0.2) is 36.6 Å². The third-order valence-corrected chi connectivity index (χ3v) is 5.65. The van der Waals surface area contributed by atoms with E-state index >= 15 is 0 Å². The summed E-state index contributed by atoms with van der Waals surface area (Å²) < 4.78 is 39.9. The highest BCUT2D eigenvalue weighted by molar-refractivity contribution is 7.89. The molecule has 1 aliphatic heterocycles. The zero-order chi connectivity index (χ0) is 17.3. The van der Waals surface area contributed by atoms with Crippen LogP contribution in [0, 0.1) is 0 Å².